The minimum atomic E-state index is -0.632. The molecule has 0 aliphatic heterocycles. The van der Waals surface area contributed by atoms with Crippen molar-refractivity contribution in [3.05, 3.63) is 95.3 Å². The first-order valence-corrected chi connectivity index (χ1v) is 8.03. The Morgan fingerprint density at radius 2 is 1.60 bits per heavy atom. The number of hydrogen-bond donors (Lipinski definition) is 0. The average molecular weight is 333 g/mol. The van der Waals surface area contributed by atoms with E-state index in [0.29, 0.717) is 11.3 Å². The van der Waals surface area contributed by atoms with Crippen LogP contribution >= 0.6 is 0 Å². The van der Waals surface area contributed by atoms with Gasteiger partial charge in [0.25, 0.3) is 0 Å². The van der Waals surface area contributed by atoms with Gasteiger partial charge in [-0.2, -0.15) is 0 Å². The fraction of sp³-hybridized carbons (Fsp3) is 0.143. The lowest BCUT2D eigenvalue weighted by atomic mass is 9.96. The van der Waals surface area contributed by atoms with Crippen molar-refractivity contribution in [2.75, 3.05) is 7.11 Å². The maximum atomic E-state index is 13.2. The summed E-state index contributed by atoms with van der Waals surface area (Å²) < 4.78 is 6.53. The predicted molar refractivity (Wildman–Crippen MR) is 95.9 cm³/mol. The first kappa shape index (κ1) is 16.7. The zero-order chi connectivity index (χ0) is 17.8. The van der Waals surface area contributed by atoms with Gasteiger partial charge in [0.1, 0.15) is 11.7 Å². The lowest BCUT2D eigenvalue weighted by Gasteiger charge is -2.21. The van der Waals surface area contributed by atoms with Gasteiger partial charge in [-0.05, 0) is 24.6 Å². The molecule has 0 radical (unpaired) electrons. The van der Waals surface area contributed by atoms with Crippen LogP contribution in [0.25, 0.3) is 0 Å². The highest BCUT2D eigenvalue weighted by molar-refractivity contribution is 6.01. The molecule has 3 aromatic rings. The van der Waals surface area contributed by atoms with Gasteiger partial charge in [0.15, 0.2) is 5.78 Å². The van der Waals surface area contributed by atoms with Crippen LogP contribution in [0.4, 0.5) is 0 Å². The molecule has 4 nitrogen and oxygen atoms in total. The van der Waals surface area contributed by atoms with Gasteiger partial charge < -0.3 is 9.30 Å². The average Bonchev–Trinajstić information content (AvgIpc) is 3.13. The number of esters is 1. The van der Waals surface area contributed by atoms with E-state index in [0.717, 1.165) is 11.1 Å². The van der Waals surface area contributed by atoms with E-state index in [-0.39, 0.29) is 5.78 Å². The van der Waals surface area contributed by atoms with Crippen LogP contribution in [0.3, 0.4) is 0 Å². The minimum Gasteiger partial charge on any atom is -0.464 e. The van der Waals surface area contributed by atoms with Gasteiger partial charge in [0.2, 0.25) is 0 Å². The highest BCUT2D eigenvalue weighted by Gasteiger charge is 2.27. The Hall–Kier alpha value is -3.14. The van der Waals surface area contributed by atoms with Crippen molar-refractivity contribution in [2.24, 2.45) is 0 Å². The van der Waals surface area contributed by atoms with Crippen LogP contribution in [0.1, 0.15) is 38.0 Å². The fourth-order valence-electron chi connectivity index (χ4n) is 2.84. The Morgan fingerprint density at radius 1 is 0.920 bits per heavy atom. The molecular weight excluding hydrogens is 314 g/mol. The van der Waals surface area contributed by atoms with E-state index in [4.69, 9.17) is 4.74 Å². The summed E-state index contributed by atoms with van der Waals surface area (Å²) in [6.45, 7) is 1.99. The Balaban J connectivity index is 2.13. The van der Waals surface area contributed by atoms with Crippen LogP contribution in [0.5, 0.6) is 0 Å². The Bertz CT molecular complexity index is 879. The smallest absolute Gasteiger partial charge is 0.354 e. The monoisotopic (exact) mass is 333 g/mol. The maximum absolute atomic E-state index is 13.2. The number of rotatable bonds is 5. The van der Waals surface area contributed by atoms with Crippen molar-refractivity contribution < 1.29 is 14.3 Å². The molecule has 2 aromatic carbocycles. The molecule has 0 amide bonds. The maximum Gasteiger partial charge on any atom is 0.354 e. The normalized spacial score (nSPS) is 11.8. The second kappa shape index (κ2) is 7.18. The quantitative estimate of drug-likeness (QED) is 0.523. The minimum absolute atomic E-state index is 0.0780. The summed E-state index contributed by atoms with van der Waals surface area (Å²) in [6, 6.07) is 19.6. The summed E-state index contributed by atoms with van der Waals surface area (Å²) in [7, 11) is 1.33. The molecule has 0 saturated carbocycles. The highest BCUT2D eigenvalue weighted by atomic mass is 16.5. The molecule has 25 heavy (non-hydrogen) atoms. The third-order valence-corrected chi connectivity index (χ3v) is 4.15. The van der Waals surface area contributed by atoms with Crippen LogP contribution in [0.2, 0.25) is 0 Å². The van der Waals surface area contributed by atoms with E-state index < -0.39 is 12.0 Å². The molecule has 1 atom stereocenters. The van der Waals surface area contributed by atoms with Crippen LogP contribution in [-0.2, 0) is 4.74 Å². The number of ether oxygens (including phenoxy) is 1. The number of carbonyl (C=O) groups excluding carboxylic acids is 2. The number of Topliss-reactive ketones (excluding diaryl/α,β-unsaturated/α-hetero) is 1. The molecule has 4 heteroatoms. The molecule has 1 unspecified atom stereocenters. The summed E-state index contributed by atoms with van der Waals surface area (Å²) >= 11 is 0. The summed E-state index contributed by atoms with van der Waals surface area (Å²) in [5, 5.41) is 0. The van der Waals surface area contributed by atoms with Gasteiger partial charge in [-0.15, -0.1) is 0 Å². The molecule has 0 spiro atoms. The molecule has 1 aromatic heterocycles. The van der Waals surface area contributed by atoms with E-state index in [2.05, 4.69) is 0 Å². The van der Waals surface area contributed by atoms with E-state index in [1.54, 1.807) is 35.0 Å². The lowest BCUT2D eigenvalue weighted by molar-refractivity contribution is 0.0587. The standard InChI is InChI=1S/C21H19NO3/c1-15-10-12-16(13-11-15)19(20(23)17-7-4-3-5-8-17)22-14-6-9-18(22)21(24)25-2/h3-14,19H,1-2H3. The van der Waals surface area contributed by atoms with Gasteiger partial charge in [-0.25, -0.2) is 4.79 Å². The third kappa shape index (κ3) is 3.38. The van der Waals surface area contributed by atoms with Gasteiger partial charge in [0.05, 0.1) is 7.11 Å². The SMILES string of the molecule is COC(=O)c1cccn1C(C(=O)c1ccccc1)c1ccc(C)cc1. The van der Waals surface area contributed by atoms with Crippen molar-refractivity contribution in [2.45, 2.75) is 13.0 Å². The number of carbonyl (C=O) groups is 2. The third-order valence-electron chi connectivity index (χ3n) is 4.15. The van der Waals surface area contributed by atoms with E-state index in [9.17, 15) is 9.59 Å². The summed E-state index contributed by atoms with van der Waals surface area (Å²) in [4.78, 5) is 25.3. The van der Waals surface area contributed by atoms with Crippen molar-refractivity contribution in [3.8, 4) is 0 Å². The molecule has 3 rings (SSSR count). The van der Waals surface area contributed by atoms with Gasteiger partial charge in [0, 0.05) is 11.8 Å². The number of aryl methyl sites for hydroxylation is 1. The number of benzene rings is 2. The Kier molecular flexibility index (Phi) is 4.80. The van der Waals surface area contributed by atoms with E-state index in [1.165, 1.54) is 7.11 Å². The molecule has 1 heterocycles. The van der Waals surface area contributed by atoms with Gasteiger partial charge >= 0.3 is 5.97 Å². The van der Waals surface area contributed by atoms with E-state index in [1.807, 2.05) is 49.4 Å². The molecule has 0 fully saturated rings. The van der Waals surface area contributed by atoms with Crippen LogP contribution in [0, 0.1) is 6.92 Å². The largest absolute Gasteiger partial charge is 0.464 e. The number of nitrogens with zero attached hydrogens (tertiary/aromatic N) is 1. The van der Waals surface area contributed by atoms with Gasteiger partial charge in [-0.3, -0.25) is 4.79 Å². The van der Waals surface area contributed by atoms with Crippen LogP contribution in [0.15, 0.2) is 72.9 Å². The molecular formula is C21H19NO3. The van der Waals surface area contributed by atoms with Crippen molar-refractivity contribution in [1.29, 1.82) is 0 Å². The lowest BCUT2D eigenvalue weighted by Crippen LogP contribution is -2.24. The molecule has 0 N–H and O–H groups in total. The van der Waals surface area contributed by atoms with Crippen molar-refractivity contribution in [1.82, 2.24) is 4.57 Å². The zero-order valence-corrected chi connectivity index (χ0v) is 14.2. The topological polar surface area (TPSA) is 48.3 Å². The first-order valence-electron chi connectivity index (χ1n) is 8.03. The molecule has 0 saturated heterocycles. The highest BCUT2D eigenvalue weighted by Crippen LogP contribution is 2.26. The summed E-state index contributed by atoms with van der Waals surface area (Å²) in [5.41, 5.74) is 2.87. The molecule has 0 aliphatic rings. The summed E-state index contributed by atoms with van der Waals surface area (Å²) in [6.07, 6.45) is 1.73. The summed E-state index contributed by atoms with van der Waals surface area (Å²) in [5.74, 6) is -0.547. The molecule has 126 valence electrons. The van der Waals surface area contributed by atoms with Gasteiger partial charge in [-0.1, -0.05) is 60.2 Å². The van der Waals surface area contributed by atoms with Crippen molar-refractivity contribution >= 4 is 11.8 Å². The van der Waals surface area contributed by atoms with Crippen molar-refractivity contribution in [3.63, 3.8) is 0 Å². The number of aromatic nitrogens is 1. The number of methoxy groups -OCH3 is 1. The predicted octanol–water partition coefficient (Wildman–Crippen LogP) is 4.06. The second-order valence-electron chi connectivity index (χ2n) is 5.84. The van der Waals surface area contributed by atoms with Crippen LogP contribution < -0.4 is 0 Å². The Morgan fingerprint density at radius 3 is 2.24 bits per heavy atom. The Labute approximate surface area is 146 Å². The van der Waals surface area contributed by atoms with Crippen LogP contribution in [-0.4, -0.2) is 23.4 Å². The molecule has 0 bridgehead atoms. The first-order chi connectivity index (χ1) is 12.1. The molecule has 0 aliphatic carbocycles. The second-order valence-corrected chi connectivity index (χ2v) is 5.84. The fourth-order valence-corrected chi connectivity index (χ4v) is 2.84. The van der Waals surface area contributed by atoms with E-state index >= 15 is 0 Å². The number of ketones is 1. The zero-order valence-electron chi connectivity index (χ0n) is 14.2. The number of hydrogen-bond acceptors (Lipinski definition) is 3.